The molecule has 1 aliphatic heterocycles. The molecule has 1 aromatic carbocycles. The second-order valence-corrected chi connectivity index (χ2v) is 5.04. The first-order valence-corrected chi connectivity index (χ1v) is 6.47. The number of carbonyl (C=O) groups is 2. The average molecular weight is 306 g/mol. The second-order valence-electron chi connectivity index (χ2n) is 4.66. The van der Waals surface area contributed by atoms with Crippen molar-refractivity contribution < 1.29 is 14.0 Å². The molecule has 106 valence electrons. The maximum atomic E-state index is 13.8. The van der Waals surface area contributed by atoms with E-state index in [-0.39, 0.29) is 22.2 Å². The number of halogens is 2. The zero-order valence-corrected chi connectivity index (χ0v) is 11.6. The Hall–Kier alpha value is -2.34. The van der Waals surface area contributed by atoms with Gasteiger partial charge in [0.05, 0.1) is 0 Å². The molecule has 2 aliphatic rings. The van der Waals surface area contributed by atoms with E-state index in [2.05, 4.69) is 15.3 Å². The van der Waals surface area contributed by atoms with Crippen molar-refractivity contribution in [1.82, 2.24) is 0 Å². The molecular formula is C14H9ClFN3O2. The van der Waals surface area contributed by atoms with Gasteiger partial charge in [0.2, 0.25) is 11.6 Å². The quantitative estimate of drug-likeness (QED) is 0.852. The number of para-hydroxylation sites is 1. The summed E-state index contributed by atoms with van der Waals surface area (Å²) in [7, 11) is 0. The lowest BCUT2D eigenvalue weighted by molar-refractivity contribution is -0.112. The van der Waals surface area contributed by atoms with Gasteiger partial charge in [0.1, 0.15) is 22.2 Å². The molecule has 5 nitrogen and oxygen atoms in total. The van der Waals surface area contributed by atoms with E-state index in [4.69, 9.17) is 11.6 Å². The van der Waals surface area contributed by atoms with Crippen LogP contribution in [0.2, 0.25) is 0 Å². The largest absolute Gasteiger partial charge is 0.351 e. The third-order valence-corrected chi connectivity index (χ3v) is 3.34. The molecule has 1 aliphatic carbocycles. The molecule has 0 saturated heterocycles. The van der Waals surface area contributed by atoms with E-state index < -0.39 is 17.5 Å². The molecule has 0 radical (unpaired) electrons. The van der Waals surface area contributed by atoms with Crippen LogP contribution in [0.3, 0.4) is 0 Å². The van der Waals surface area contributed by atoms with E-state index in [1.807, 2.05) is 0 Å². The molecule has 3 rings (SSSR count). The summed E-state index contributed by atoms with van der Waals surface area (Å²) in [5.74, 6) is -3.67. The van der Waals surface area contributed by atoms with Crippen molar-refractivity contribution >= 4 is 40.3 Å². The Bertz CT molecular complexity index is 751. The van der Waals surface area contributed by atoms with Crippen molar-refractivity contribution in [2.45, 2.75) is 12.8 Å². The number of aliphatic imine (C=N–C) groups is 2. The number of Topliss-reactive ketones (excluding diaryl/α,β-unsaturated/α-hetero) is 2. The molecular weight excluding hydrogens is 297 g/mol. The normalized spacial score (nSPS) is 24.7. The highest BCUT2D eigenvalue weighted by molar-refractivity contribution is 6.90. The van der Waals surface area contributed by atoms with Crippen LogP contribution in [0, 0.1) is 0 Å². The van der Waals surface area contributed by atoms with Gasteiger partial charge in [-0.05, 0) is 12.1 Å². The summed E-state index contributed by atoms with van der Waals surface area (Å²) in [5.41, 5.74) is -0.168. The monoisotopic (exact) mass is 305 g/mol. The lowest BCUT2D eigenvalue weighted by Crippen LogP contribution is -2.38. The number of nitrogens with zero attached hydrogens (tertiary/aromatic N) is 2. The SMILES string of the molecule is CC1(F)N=C2C(=O)C(Cl)=C(Nc3ccccc3)C(=O)C2=N1. The van der Waals surface area contributed by atoms with Gasteiger partial charge in [0.25, 0.3) is 5.92 Å². The van der Waals surface area contributed by atoms with Gasteiger partial charge in [-0.15, -0.1) is 0 Å². The molecule has 1 heterocycles. The fourth-order valence-corrected chi connectivity index (χ4v) is 2.29. The summed E-state index contributed by atoms with van der Waals surface area (Å²) in [6, 6.07) is 8.72. The van der Waals surface area contributed by atoms with Gasteiger partial charge in [-0.25, -0.2) is 9.98 Å². The van der Waals surface area contributed by atoms with E-state index in [1.165, 1.54) is 0 Å². The number of rotatable bonds is 2. The van der Waals surface area contributed by atoms with Crippen LogP contribution in [0.4, 0.5) is 10.1 Å². The number of carbonyl (C=O) groups excluding carboxylic acids is 2. The van der Waals surface area contributed by atoms with Crippen LogP contribution in [0.1, 0.15) is 6.92 Å². The Labute approximate surface area is 124 Å². The van der Waals surface area contributed by atoms with Crippen molar-refractivity contribution in [3.8, 4) is 0 Å². The maximum absolute atomic E-state index is 13.8. The van der Waals surface area contributed by atoms with Crippen molar-refractivity contribution in [3.63, 3.8) is 0 Å². The minimum absolute atomic E-state index is 0.122. The molecule has 0 spiro atoms. The van der Waals surface area contributed by atoms with Gasteiger partial charge in [-0.3, -0.25) is 9.59 Å². The van der Waals surface area contributed by atoms with Gasteiger partial charge in [0.15, 0.2) is 0 Å². The lowest BCUT2D eigenvalue weighted by Gasteiger charge is -2.16. The summed E-state index contributed by atoms with van der Waals surface area (Å²) >= 11 is 5.93. The Kier molecular flexibility index (Phi) is 2.98. The third-order valence-electron chi connectivity index (χ3n) is 2.98. The molecule has 1 unspecified atom stereocenters. The highest BCUT2D eigenvalue weighted by Gasteiger charge is 2.44. The predicted molar refractivity (Wildman–Crippen MR) is 77.3 cm³/mol. The van der Waals surface area contributed by atoms with Crippen LogP contribution in [-0.4, -0.2) is 28.9 Å². The van der Waals surface area contributed by atoms with Crippen molar-refractivity contribution in [2.75, 3.05) is 5.32 Å². The maximum Gasteiger partial charge on any atom is 0.292 e. The molecule has 21 heavy (non-hydrogen) atoms. The smallest absolute Gasteiger partial charge is 0.292 e. The average Bonchev–Trinajstić information content (AvgIpc) is 2.79. The van der Waals surface area contributed by atoms with Gasteiger partial charge < -0.3 is 5.32 Å². The number of hydrogen-bond donors (Lipinski definition) is 1. The first kappa shape index (κ1) is 13.6. The summed E-state index contributed by atoms with van der Waals surface area (Å²) in [6.07, 6.45) is 0. The lowest BCUT2D eigenvalue weighted by atomic mass is 9.97. The molecule has 0 aromatic heterocycles. The molecule has 7 heteroatoms. The van der Waals surface area contributed by atoms with Crippen molar-refractivity contribution in [2.24, 2.45) is 9.98 Å². The van der Waals surface area contributed by atoms with E-state index in [9.17, 15) is 14.0 Å². The number of nitrogens with one attached hydrogen (secondary N) is 1. The molecule has 1 N–H and O–H groups in total. The zero-order valence-electron chi connectivity index (χ0n) is 10.9. The highest BCUT2D eigenvalue weighted by atomic mass is 35.5. The van der Waals surface area contributed by atoms with Crippen LogP contribution >= 0.6 is 11.6 Å². The summed E-state index contributed by atoms with van der Waals surface area (Å²) in [6.45, 7) is 1.06. The Morgan fingerprint density at radius 3 is 2.29 bits per heavy atom. The van der Waals surface area contributed by atoms with Crippen molar-refractivity contribution in [3.05, 3.63) is 41.1 Å². The van der Waals surface area contributed by atoms with Crippen LogP contribution in [0.15, 0.2) is 51.0 Å². The fraction of sp³-hybridized carbons (Fsp3) is 0.143. The Balaban J connectivity index is 2.05. The number of anilines is 1. The third kappa shape index (κ3) is 2.27. The highest BCUT2D eigenvalue weighted by Crippen LogP contribution is 2.29. The number of allylic oxidation sites excluding steroid dienone is 2. The van der Waals surface area contributed by atoms with E-state index in [0.717, 1.165) is 6.92 Å². The fourth-order valence-electron chi connectivity index (χ4n) is 2.07. The molecule has 0 fully saturated rings. The number of fused-ring (bicyclic) bond motifs is 1. The first-order valence-electron chi connectivity index (χ1n) is 6.09. The van der Waals surface area contributed by atoms with E-state index in [0.29, 0.717) is 5.69 Å². The minimum atomic E-state index is -2.31. The van der Waals surface area contributed by atoms with E-state index in [1.54, 1.807) is 30.3 Å². The molecule has 0 amide bonds. The standard InChI is InChI=1S/C14H9ClFN3O2/c1-14(16)18-10-11(19-14)13(21)9(8(15)12(10)20)17-7-5-3-2-4-6-7/h2-6,17H,1H3. The predicted octanol–water partition coefficient (Wildman–Crippen LogP) is 2.24. The summed E-state index contributed by atoms with van der Waals surface area (Å²) < 4.78 is 13.8. The topological polar surface area (TPSA) is 70.9 Å². The van der Waals surface area contributed by atoms with Gasteiger partial charge in [-0.1, -0.05) is 29.8 Å². The van der Waals surface area contributed by atoms with Gasteiger partial charge in [-0.2, -0.15) is 4.39 Å². The van der Waals surface area contributed by atoms with Gasteiger partial charge >= 0.3 is 0 Å². The number of hydrogen-bond acceptors (Lipinski definition) is 5. The van der Waals surface area contributed by atoms with Crippen LogP contribution in [-0.2, 0) is 9.59 Å². The second kappa shape index (κ2) is 4.60. The van der Waals surface area contributed by atoms with Crippen molar-refractivity contribution in [1.29, 1.82) is 0 Å². The number of benzene rings is 1. The zero-order chi connectivity index (χ0) is 15.2. The molecule has 0 saturated carbocycles. The molecule has 1 aromatic rings. The van der Waals surface area contributed by atoms with E-state index >= 15 is 0 Å². The van der Waals surface area contributed by atoms with Crippen LogP contribution < -0.4 is 5.32 Å². The van der Waals surface area contributed by atoms with Crippen LogP contribution in [0.25, 0.3) is 0 Å². The van der Waals surface area contributed by atoms with Crippen LogP contribution in [0.5, 0.6) is 0 Å². The Morgan fingerprint density at radius 2 is 1.67 bits per heavy atom. The number of ketones is 2. The minimum Gasteiger partial charge on any atom is -0.351 e. The number of alkyl halides is 1. The molecule has 0 bridgehead atoms. The summed E-state index contributed by atoms with van der Waals surface area (Å²) in [5, 5.41) is 2.45. The molecule has 1 atom stereocenters. The Morgan fingerprint density at radius 1 is 1.10 bits per heavy atom. The summed E-state index contributed by atoms with van der Waals surface area (Å²) in [4.78, 5) is 31.4. The van der Waals surface area contributed by atoms with Gasteiger partial charge in [0, 0.05) is 12.6 Å². The first-order chi connectivity index (χ1) is 9.89.